The van der Waals surface area contributed by atoms with Crippen LogP contribution in [0, 0.1) is 0 Å². The molecular weight excluding hydrogens is 242 g/mol. The molecule has 1 aromatic heterocycles. The van der Waals surface area contributed by atoms with Crippen molar-refractivity contribution in [1.29, 1.82) is 0 Å². The van der Waals surface area contributed by atoms with Gasteiger partial charge in [-0.15, -0.1) is 0 Å². The summed E-state index contributed by atoms with van der Waals surface area (Å²) in [5.74, 6) is 2.07. The maximum Gasteiger partial charge on any atom is 0.158 e. The number of hydrogen-bond donors (Lipinski definition) is 1. The molecule has 1 aliphatic heterocycles. The fraction of sp³-hybridized carbons (Fsp3) is 0.692. The summed E-state index contributed by atoms with van der Waals surface area (Å²) in [4.78, 5) is 13.4. The van der Waals surface area contributed by atoms with E-state index in [1.807, 2.05) is 13.0 Å². The number of anilines is 2. The molecule has 0 amide bonds. The molecule has 19 heavy (non-hydrogen) atoms. The molecule has 0 aromatic carbocycles. The molecular formula is C13H23N5O. The van der Waals surface area contributed by atoms with E-state index in [0.29, 0.717) is 30.9 Å². The van der Waals surface area contributed by atoms with Gasteiger partial charge in [-0.3, -0.25) is 0 Å². The summed E-state index contributed by atoms with van der Waals surface area (Å²) in [5, 5.41) is 0. The summed E-state index contributed by atoms with van der Waals surface area (Å²) in [7, 11) is 2.15. The number of likely N-dealkylation sites (N-methyl/N-ethyl adjacent to an activating group) is 1. The van der Waals surface area contributed by atoms with Crippen molar-refractivity contribution in [3.05, 3.63) is 11.9 Å². The van der Waals surface area contributed by atoms with E-state index < -0.39 is 0 Å². The number of piperazine rings is 1. The Labute approximate surface area is 114 Å². The molecule has 0 bridgehead atoms. The molecule has 1 saturated heterocycles. The van der Waals surface area contributed by atoms with E-state index in [0.717, 1.165) is 25.5 Å². The molecule has 0 radical (unpaired) electrons. The molecule has 1 unspecified atom stereocenters. The zero-order valence-corrected chi connectivity index (χ0v) is 12.0. The fourth-order valence-electron chi connectivity index (χ4n) is 2.18. The molecule has 1 aliphatic rings. The van der Waals surface area contributed by atoms with Crippen LogP contribution in [0.25, 0.3) is 0 Å². The predicted molar refractivity (Wildman–Crippen MR) is 76.1 cm³/mol. The van der Waals surface area contributed by atoms with Crippen LogP contribution >= 0.6 is 0 Å². The van der Waals surface area contributed by atoms with E-state index in [2.05, 4.69) is 33.7 Å². The van der Waals surface area contributed by atoms with Crippen molar-refractivity contribution in [2.45, 2.75) is 26.5 Å². The van der Waals surface area contributed by atoms with Gasteiger partial charge in [0.05, 0.1) is 0 Å². The Morgan fingerprint density at radius 3 is 2.89 bits per heavy atom. The van der Waals surface area contributed by atoms with Crippen molar-refractivity contribution < 1.29 is 4.74 Å². The lowest BCUT2D eigenvalue weighted by molar-refractivity contribution is 0.128. The highest BCUT2D eigenvalue weighted by molar-refractivity contribution is 5.47. The second-order valence-electron chi connectivity index (χ2n) is 4.98. The van der Waals surface area contributed by atoms with Gasteiger partial charge in [0, 0.05) is 38.3 Å². The van der Waals surface area contributed by atoms with Crippen LogP contribution in [0.3, 0.4) is 0 Å². The van der Waals surface area contributed by atoms with Crippen LogP contribution in [0.2, 0.25) is 0 Å². The first-order valence-corrected chi connectivity index (χ1v) is 6.76. The zero-order valence-electron chi connectivity index (χ0n) is 12.0. The highest BCUT2D eigenvalue weighted by Crippen LogP contribution is 2.18. The van der Waals surface area contributed by atoms with Crippen LogP contribution in [-0.2, 0) is 11.3 Å². The first kappa shape index (κ1) is 14.0. The van der Waals surface area contributed by atoms with Crippen molar-refractivity contribution >= 4 is 11.6 Å². The molecule has 1 fully saturated rings. The Hall–Kier alpha value is -1.40. The van der Waals surface area contributed by atoms with Crippen LogP contribution in [0.15, 0.2) is 6.07 Å². The number of hydrogen-bond acceptors (Lipinski definition) is 6. The standard InChI is InChI=1S/C13H23N5O/c1-4-19-9-12-15-11(14)7-13(16-12)18-6-5-17(3)10(2)8-18/h7,10H,4-6,8-9H2,1-3H3,(H2,14,15,16). The average molecular weight is 265 g/mol. The summed E-state index contributed by atoms with van der Waals surface area (Å²) in [6, 6.07) is 2.35. The van der Waals surface area contributed by atoms with E-state index in [1.54, 1.807) is 0 Å². The van der Waals surface area contributed by atoms with Gasteiger partial charge < -0.3 is 20.3 Å². The maximum absolute atomic E-state index is 5.86. The van der Waals surface area contributed by atoms with Crippen LogP contribution < -0.4 is 10.6 Å². The van der Waals surface area contributed by atoms with E-state index in [1.165, 1.54) is 0 Å². The quantitative estimate of drug-likeness (QED) is 0.866. The first-order chi connectivity index (χ1) is 9.10. The van der Waals surface area contributed by atoms with E-state index >= 15 is 0 Å². The van der Waals surface area contributed by atoms with Crippen molar-refractivity contribution in [2.24, 2.45) is 0 Å². The zero-order chi connectivity index (χ0) is 13.8. The Kier molecular flexibility index (Phi) is 4.55. The minimum absolute atomic E-state index is 0.415. The van der Waals surface area contributed by atoms with E-state index in [9.17, 15) is 0 Å². The molecule has 2 N–H and O–H groups in total. The van der Waals surface area contributed by atoms with Crippen LogP contribution in [0.5, 0.6) is 0 Å². The Balaban J connectivity index is 2.13. The summed E-state index contributed by atoms with van der Waals surface area (Å²) in [6.07, 6.45) is 0. The minimum Gasteiger partial charge on any atom is -0.384 e. The van der Waals surface area contributed by atoms with E-state index in [-0.39, 0.29) is 0 Å². The summed E-state index contributed by atoms with van der Waals surface area (Å²) < 4.78 is 5.35. The van der Waals surface area contributed by atoms with Gasteiger partial charge in [0.1, 0.15) is 18.2 Å². The lowest BCUT2D eigenvalue weighted by atomic mass is 10.2. The molecule has 1 aromatic rings. The molecule has 0 saturated carbocycles. The Bertz CT molecular complexity index is 425. The fourth-order valence-corrected chi connectivity index (χ4v) is 2.18. The van der Waals surface area contributed by atoms with Gasteiger partial charge in [0.15, 0.2) is 5.82 Å². The molecule has 6 nitrogen and oxygen atoms in total. The van der Waals surface area contributed by atoms with Crippen molar-refractivity contribution in [1.82, 2.24) is 14.9 Å². The third kappa shape index (κ3) is 3.54. The highest BCUT2D eigenvalue weighted by Gasteiger charge is 2.22. The number of aromatic nitrogens is 2. The lowest BCUT2D eigenvalue weighted by Crippen LogP contribution is -2.50. The minimum atomic E-state index is 0.415. The number of nitrogen functional groups attached to an aromatic ring is 1. The van der Waals surface area contributed by atoms with Crippen molar-refractivity contribution in [2.75, 3.05) is 43.9 Å². The first-order valence-electron chi connectivity index (χ1n) is 6.76. The number of rotatable bonds is 4. The van der Waals surface area contributed by atoms with Gasteiger partial charge in [-0.05, 0) is 20.9 Å². The van der Waals surface area contributed by atoms with E-state index in [4.69, 9.17) is 10.5 Å². The second kappa shape index (κ2) is 6.16. The maximum atomic E-state index is 5.86. The van der Waals surface area contributed by atoms with Crippen LogP contribution in [0.1, 0.15) is 19.7 Å². The molecule has 1 atom stereocenters. The van der Waals surface area contributed by atoms with Crippen LogP contribution in [-0.4, -0.2) is 54.2 Å². The predicted octanol–water partition coefficient (Wildman–Crippen LogP) is 0.736. The SMILES string of the molecule is CCOCc1nc(N)cc(N2CCN(C)C(C)C2)n1. The van der Waals surface area contributed by atoms with Gasteiger partial charge in [-0.1, -0.05) is 0 Å². The second-order valence-corrected chi connectivity index (χ2v) is 4.98. The third-order valence-electron chi connectivity index (χ3n) is 3.50. The van der Waals surface area contributed by atoms with Gasteiger partial charge >= 0.3 is 0 Å². The van der Waals surface area contributed by atoms with Gasteiger partial charge in [-0.25, -0.2) is 9.97 Å². The summed E-state index contributed by atoms with van der Waals surface area (Å²) in [6.45, 7) is 8.20. The van der Waals surface area contributed by atoms with Crippen molar-refractivity contribution in [3.8, 4) is 0 Å². The van der Waals surface area contributed by atoms with Gasteiger partial charge in [0.25, 0.3) is 0 Å². The smallest absolute Gasteiger partial charge is 0.158 e. The molecule has 2 rings (SSSR count). The normalized spacial score (nSPS) is 20.8. The van der Waals surface area contributed by atoms with Crippen molar-refractivity contribution in [3.63, 3.8) is 0 Å². The molecule has 106 valence electrons. The Morgan fingerprint density at radius 1 is 1.42 bits per heavy atom. The summed E-state index contributed by atoms with van der Waals surface area (Å²) in [5.41, 5.74) is 5.86. The molecule has 0 aliphatic carbocycles. The van der Waals surface area contributed by atoms with Gasteiger partial charge in [-0.2, -0.15) is 0 Å². The molecule has 0 spiro atoms. The lowest BCUT2D eigenvalue weighted by Gasteiger charge is -2.38. The topological polar surface area (TPSA) is 67.5 Å². The van der Waals surface area contributed by atoms with Gasteiger partial charge in [0.2, 0.25) is 0 Å². The molecule has 2 heterocycles. The molecule has 6 heteroatoms. The van der Waals surface area contributed by atoms with Crippen LogP contribution in [0.4, 0.5) is 11.6 Å². The number of nitrogens with two attached hydrogens (primary N) is 1. The third-order valence-corrected chi connectivity index (χ3v) is 3.50. The Morgan fingerprint density at radius 2 is 2.21 bits per heavy atom. The number of ether oxygens (including phenoxy) is 1. The summed E-state index contributed by atoms with van der Waals surface area (Å²) >= 11 is 0. The average Bonchev–Trinajstić information content (AvgIpc) is 2.39. The largest absolute Gasteiger partial charge is 0.384 e. The highest BCUT2D eigenvalue weighted by atomic mass is 16.5. The number of nitrogens with zero attached hydrogens (tertiary/aromatic N) is 4. The monoisotopic (exact) mass is 265 g/mol.